The van der Waals surface area contributed by atoms with Gasteiger partial charge in [-0.25, -0.2) is 0 Å². The quantitative estimate of drug-likeness (QED) is 0.512. The fourth-order valence-electron chi connectivity index (χ4n) is 3.12. The molecule has 3 aromatic rings. The molecular weight excluding hydrogens is 360 g/mol. The lowest BCUT2D eigenvalue weighted by Crippen LogP contribution is -2.14. The van der Waals surface area contributed by atoms with Crippen LogP contribution in [0.1, 0.15) is 66.8 Å². The topological polar surface area (TPSA) is 51.2 Å². The first-order valence-electron chi connectivity index (χ1n) is 10.0. The Morgan fingerprint density at radius 3 is 2.21 bits per heavy atom. The van der Waals surface area contributed by atoms with E-state index in [1.807, 2.05) is 61.5 Å². The van der Waals surface area contributed by atoms with Crippen molar-refractivity contribution in [1.29, 1.82) is 0 Å². The van der Waals surface area contributed by atoms with Crippen molar-refractivity contribution in [2.24, 2.45) is 0 Å². The van der Waals surface area contributed by atoms with Gasteiger partial charge in [-0.2, -0.15) is 0 Å². The average molecular weight is 389 g/mol. The molecule has 0 unspecified atom stereocenters. The van der Waals surface area contributed by atoms with Crippen molar-refractivity contribution in [3.05, 3.63) is 83.2 Å². The Labute approximate surface area is 173 Å². The summed E-state index contributed by atoms with van der Waals surface area (Å²) in [6.45, 7) is 10.3. The Kier molecular flexibility index (Phi) is 6.32. The third kappa shape index (κ3) is 5.02. The Bertz CT molecular complexity index is 992. The second-order valence-corrected chi connectivity index (χ2v) is 7.80. The van der Waals surface area contributed by atoms with Gasteiger partial charge in [-0.15, -0.1) is 0 Å². The lowest BCUT2D eigenvalue weighted by atomic mass is 10.0. The van der Waals surface area contributed by atoms with Crippen molar-refractivity contribution in [3.8, 4) is 11.5 Å². The number of carbonyl (C=O) groups is 1. The van der Waals surface area contributed by atoms with Crippen LogP contribution in [0.4, 0.5) is 5.69 Å². The first-order valence-corrected chi connectivity index (χ1v) is 10.0. The minimum Gasteiger partial charge on any atom is -0.457 e. The van der Waals surface area contributed by atoms with Gasteiger partial charge < -0.3 is 10.1 Å². The maximum atomic E-state index is 12.6. The van der Waals surface area contributed by atoms with Gasteiger partial charge in [-0.05, 0) is 66.8 Å². The van der Waals surface area contributed by atoms with Gasteiger partial charge in [0.25, 0.3) is 5.91 Å². The molecule has 0 radical (unpaired) electrons. The third-order valence-corrected chi connectivity index (χ3v) is 4.82. The van der Waals surface area contributed by atoms with E-state index in [2.05, 4.69) is 44.1 Å². The number of rotatable bonds is 6. The number of benzene rings is 2. The maximum Gasteiger partial charge on any atom is 0.257 e. The lowest BCUT2D eigenvalue weighted by molar-refractivity contribution is 0.102. The molecule has 1 amide bonds. The van der Waals surface area contributed by atoms with Crippen LogP contribution in [0.2, 0.25) is 0 Å². The summed E-state index contributed by atoms with van der Waals surface area (Å²) >= 11 is 0. The number of aryl methyl sites for hydroxylation is 1. The van der Waals surface area contributed by atoms with Gasteiger partial charge in [0, 0.05) is 11.4 Å². The Balaban J connectivity index is 1.70. The van der Waals surface area contributed by atoms with Crippen LogP contribution in [0.15, 0.2) is 60.7 Å². The van der Waals surface area contributed by atoms with Crippen LogP contribution in [0.3, 0.4) is 0 Å². The van der Waals surface area contributed by atoms with Crippen LogP contribution in [-0.4, -0.2) is 10.9 Å². The largest absolute Gasteiger partial charge is 0.457 e. The molecule has 1 heterocycles. The standard InChI is InChI=1S/C25H28N2O2/c1-16(2)21-8-6-7-9-24(21)29-20-12-10-19(11-13-20)27-25(28)22-14-15-23(17(3)4)26-18(22)5/h6-17H,1-5H3,(H,27,28). The fourth-order valence-corrected chi connectivity index (χ4v) is 3.12. The summed E-state index contributed by atoms with van der Waals surface area (Å²) < 4.78 is 6.05. The van der Waals surface area contributed by atoms with Crippen LogP contribution < -0.4 is 10.1 Å². The van der Waals surface area contributed by atoms with Gasteiger partial charge in [0.2, 0.25) is 0 Å². The molecule has 4 heteroatoms. The van der Waals surface area contributed by atoms with Crippen LogP contribution in [0.5, 0.6) is 11.5 Å². The number of amides is 1. The molecular formula is C25H28N2O2. The first kappa shape index (κ1) is 20.6. The molecule has 0 aliphatic rings. The molecule has 150 valence electrons. The Morgan fingerprint density at radius 2 is 1.59 bits per heavy atom. The maximum absolute atomic E-state index is 12.6. The van der Waals surface area contributed by atoms with Crippen LogP contribution in [-0.2, 0) is 0 Å². The number of anilines is 1. The highest BCUT2D eigenvalue weighted by Crippen LogP contribution is 2.30. The van der Waals surface area contributed by atoms with Crippen molar-refractivity contribution in [2.75, 3.05) is 5.32 Å². The smallest absolute Gasteiger partial charge is 0.257 e. The van der Waals surface area contributed by atoms with E-state index in [1.54, 1.807) is 0 Å². The summed E-state index contributed by atoms with van der Waals surface area (Å²) in [6.07, 6.45) is 0. The van der Waals surface area contributed by atoms with E-state index in [0.29, 0.717) is 23.1 Å². The molecule has 3 rings (SSSR count). The van der Waals surface area contributed by atoms with E-state index in [9.17, 15) is 4.79 Å². The molecule has 0 aliphatic heterocycles. The van der Waals surface area contributed by atoms with Crippen LogP contribution >= 0.6 is 0 Å². The van der Waals surface area contributed by atoms with Gasteiger partial charge in [0.1, 0.15) is 11.5 Å². The van der Waals surface area contributed by atoms with Crippen molar-refractivity contribution >= 4 is 11.6 Å². The number of pyridine rings is 1. The summed E-state index contributed by atoms with van der Waals surface area (Å²) in [5, 5.41) is 2.93. The molecule has 0 atom stereocenters. The lowest BCUT2D eigenvalue weighted by Gasteiger charge is -2.14. The summed E-state index contributed by atoms with van der Waals surface area (Å²) in [4.78, 5) is 17.2. The summed E-state index contributed by atoms with van der Waals surface area (Å²) in [7, 11) is 0. The molecule has 0 spiro atoms. The Morgan fingerprint density at radius 1 is 0.897 bits per heavy atom. The van der Waals surface area contributed by atoms with E-state index in [-0.39, 0.29) is 5.91 Å². The predicted molar refractivity (Wildman–Crippen MR) is 118 cm³/mol. The fraction of sp³-hybridized carbons (Fsp3) is 0.280. The number of nitrogens with one attached hydrogen (secondary N) is 1. The molecule has 0 bridgehead atoms. The number of aromatic nitrogens is 1. The van der Waals surface area contributed by atoms with Gasteiger partial charge in [-0.3, -0.25) is 9.78 Å². The predicted octanol–water partition coefficient (Wildman–Crippen LogP) is 6.68. The highest BCUT2D eigenvalue weighted by atomic mass is 16.5. The number of para-hydroxylation sites is 1. The zero-order chi connectivity index (χ0) is 21.0. The molecule has 0 saturated heterocycles. The number of nitrogens with zero attached hydrogens (tertiary/aromatic N) is 1. The monoisotopic (exact) mass is 388 g/mol. The van der Waals surface area contributed by atoms with Gasteiger partial charge in [0.15, 0.2) is 0 Å². The number of hydrogen-bond acceptors (Lipinski definition) is 3. The molecule has 0 aliphatic carbocycles. The number of hydrogen-bond donors (Lipinski definition) is 1. The van der Waals surface area contributed by atoms with E-state index >= 15 is 0 Å². The zero-order valence-corrected chi connectivity index (χ0v) is 17.7. The molecule has 0 saturated carbocycles. The molecule has 2 aromatic carbocycles. The molecule has 1 aromatic heterocycles. The average Bonchev–Trinajstić information content (AvgIpc) is 2.69. The van der Waals surface area contributed by atoms with Crippen LogP contribution in [0, 0.1) is 6.92 Å². The van der Waals surface area contributed by atoms with Gasteiger partial charge in [-0.1, -0.05) is 45.9 Å². The number of carbonyl (C=O) groups excluding carboxylic acids is 1. The minimum atomic E-state index is -0.163. The van der Waals surface area contributed by atoms with Gasteiger partial charge >= 0.3 is 0 Å². The van der Waals surface area contributed by atoms with E-state index in [0.717, 1.165) is 28.5 Å². The first-order chi connectivity index (χ1) is 13.8. The van der Waals surface area contributed by atoms with Crippen molar-refractivity contribution < 1.29 is 9.53 Å². The van der Waals surface area contributed by atoms with Gasteiger partial charge in [0.05, 0.1) is 11.3 Å². The second-order valence-electron chi connectivity index (χ2n) is 7.80. The van der Waals surface area contributed by atoms with E-state index in [4.69, 9.17) is 4.74 Å². The van der Waals surface area contributed by atoms with Crippen molar-refractivity contribution in [3.63, 3.8) is 0 Å². The normalized spacial score (nSPS) is 11.0. The highest BCUT2D eigenvalue weighted by molar-refractivity contribution is 6.05. The molecule has 4 nitrogen and oxygen atoms in total. The third-order valence-electron chi connectivity index (χ3n) is 4.82. The van der Waals surface area contributed by atoms with E-state index in [1.165, 1.54) is 0 Å². The number of ether oxygens (including phenoxy) is 1. The molecule has 0 fully saturated rings. The highest BCUT2D eigenvalue weighted by Gasteiger charge is 2.13. The summed E-state index contributed by atoms with van der Waals surface area (Å²) in [5.41, 5.74) is 4.19. The molecule has 29 heavy (non-hydrogen) atoms. The van der Waals surface area contributed by atoms with Crippen molar-refractivity contribution in [2.45, 2.75) is 46.5 Å². The Hall–Kier alpha value is -3.14. The SMILES string of the molecule is Cc1nc(C(C)C)ccc1C(=O)Nc1ccc(Oc2ccccc2C(C)C)cc1. The minimum absolute atomic E-state index is 0.163. The van der Waals surface area contributed by atoms with Crippen LogP contribution in [0.25, 0.3) is 0 Å². The van der Waals surface area contributed by atoms with E-state index < -0.39 is 0 Å². The second kappa shape index (κ2) is 8.91. The van der Waals surface area contributed by atoms with Crippen molar-refractivity contribution in [1.82, 2.24) is 4.98 Å². The zero-order valence-electron chi connectivity index (χ0n) is 17.7. The molecule has 1 N–H and O–H groups in total. The summed E-state index contributed by atoms with van der Waals surface area (Å²) in [5.74, 6) is 2.13. The summed E-state index contributed by atoms with van der Waals surface area (Å²) in [6, 6.07) is 19.2.